The number of nitrogens with zero attached hydrogens (tertiary/aromatic N) is 6. The molecule has 0 amide bonds. The van der Waals surface area contributed by atoms with E-state index in [4.69, 9.17) is 44.1 Å². The quantitative estimate of drug-likeness (QED) is 0.249. The standard InChI is InChI=1S/C36H36N6O3/c1-34(2)19-43-31(40-34)22-7-10-28(37-16-22)25-13-26(29-11-8-23(17-38-29)32-41-35(3,4)20-44-32)15-27(14-25)30-12-9-24(18-39-30)33-42-36(5,6)21-45-33/h7-18H,19-21H2,1-6H3. The van der Waals surface area contributed by atoms with Gasteiger partial charge in [0.15, 0.2) is 0 Å². The lowest BCUT2D eigenvalue weighted by Crippen LogP contribution is -2.17. The first-order valence-electron chi connectivity index (χ1n) is 15.2. The summed E-state index contributed by atoms with van der Waals surface area (Å²) in [7, 11) is 0. The van der Waals surface area contributed by atoms with Gasteiger partial charge in [-0.25, -0.2) is 15.0 Å². The van der Waals surface area contributed by atoms with Crippen LogP contribution in [0.1, 0.15) is 58.2 Å². The first-order chi connectivity index (χ1) is 21.4. The molecular formula is C36H36N6O3. The van der Waals surface area contributed by atoms with Gasteiger partial charge in [-0.05, 0) is 96.1 Å². The summed E-state index contributed by atoms with van der Waals surface area (Å²) in [6, 6.07) is 18.3. The van der Waals surface area contributed by atoms with E-state index >= 15 is 0 Å². The Balaban J connectivity index is 1.25. The monoisotopic (exact) mass is 600 g/mol. The lowest BCUT2D eigenvalue weighted by molar-refractivity contribution is 0.279. The van der Waals surface area contributed by atoms with Crippen LogP contribution in [0.15, 0.2) is 88.2 Å². The first-order valence-corrected chi connectivity index (χ1v) is 15.2. The van der Waals surface area contributed by atoms with Gasteiger partial charge in [-0.1, -0.05) is 0 Å². The molecule has 7 rings (SSSR count). The summed E-state index contributed by atoms with van der Waals surface area (Å²) in [5.74, 6) is 1.88. The summed E-state index contributed by atoms with van der Waals surface area (Å²) < 4.78 is 17.5. The van der Waals surface area contributed by atoms with Gasteiger partial charge in [-0.3, -0.25) is 15.0 Å². The molecule has 0 unspecified atom stereocenters. The topological polar surface area (TPSA) is 103 Å². The van der Waals surface area contributed by atoms with Crippen molar-refractivity contribution in [2.24, 2.45) is 15.0 Å². The maximum atomic E-state index is 5.83. The van der Waals surface area contributed by atoms with Crippen LogP contribution in [0, 0.1) is 0 Å². The van der Waals surface area contributed by atoms with Crippen LogP contribution in [-0.2, 0) is 14.2 Å². The average molecular weight is 601 g/mol. The Morgan fingerprint density at radius 2 is 0.711 bits per heavy atom. The van der Waals surface area contributed by atoms with Gasteiger partial charge < -0.3 is 14.2 Å². The molecule has 0 atom stereocenters. The van der Waals surface area contributed by atoms with Crippen LogP contribution in [0.3, 0.4) is 0 Å². The highest BCUT2D eigenvalue weighted by Crippen LogP contribution is 2.32. The van der Waals surface area contributed by atoms with Crippen LogP contribution in [0.5, 0.6) is 0 Å². The minimum atomic E-state index is -0.234. The van der Waals surface area contributed by atoms with Crippen LogP contribution in [0.2, 0.25) is 0 Å². The average Bonchev–Trinajstić information content (AvgIpc) is 3.71. The normalized spacial score (nSPS) is 19.2. The second-order valence-electron chi connectivity index (χ2n) is 13.6. The maximum Gasteiger partial charge on any atom is 0.218 e. The summed E-state index contributed by atoms with van der Waals surface area (Å²) in [5, 5.41) is 0. The fraction of sp³-hybridized carbons (Fsp3) is 0.333. The van der Waals surface area contributed by atoms with E-state index in [9.17, 15) is 0 Å². The predicted octanol–water partition coefficient (Wildman–Crippen LogP) is 6.54. The third-order valence-electron chi connectivity index (χ3n) is 7.75. The molecule has 0 spiro atoms. The molecule has 228 valence electrons. The SMILES string of the molecule is CC1(C)COC(c2ccc(-c3cc(-c4ccc(C5=NC(C)(C)CO5)cn4)cc(-c4ccc(C5=NC(C)(C)CO5)cn4)c3)nc2)=N1. The Kier molecular flexibility index (Phi) is 6.80. The minimum Gasteiger partial charge on any atom is -0.475 e. The van der Waals surface area contributed by atoms with Crippen LogP contribution in [0.4, 0.5) is 0 Å². The predicted molar refractivity (Wildman–Crippen MR) is 176 cm³/mol. The number of aliphatic imine (C=N–C) groups is 3. The number of ether oxygens (including phenoxy) is 3. The Morgan fingerprint density at radius 1 is 0.422 bits per heavy atom. The van der Waals surface area contributed by atoms with Gasteiger partial charge in [0, 0.05) is 35.3 Å². The zero-order chi connectivity index (χ0) is 31.4. The Labute approximate surface area is 263 Å². The number of hydrogen-bond donors (Lipinski definition) is 0. The summed E-state index contributed by atoms with van der Waals surface area (Å²) in [6.07, 6.45) is 5.45. The van der Waals surface area contributed by atoms with E-state index in [0.717, 1.165) is 50.5 Å². The van der Waals surface area contributed by atoms with Gasteiger partial charge in [0.1, 0.15) is 19.8 Å². The molecule has 1 aromatic carbocycles. The number of aromatic nitrogens is 3. The van der Waals surface area contributed by atoms with Crippen molar-refractivity contribution in [1.82, 2.24) is 15.0 Å². The van der Waals surface area contributed by atoms with Gasteiger partial charge in [0.05, 0.1) is 50.4 Å². The molecular weight excluding hydrogens is 564 g/mol. The Hall–Kier alpha value is -4.92. The maximum absolute atomic E-state index is 5.83. The molecule has 9 nitrogen and oxygen atoms in total. The van der Waals surface area contributed by atoms with Crippen LogP contribution in [0.25, 0.3) is 33.8 Å². The molecule has 6 heterocycles. The van der Waals surface area contributed by atoms with Crippen LogP contribution in [-0.4, -0.2) is 69.1 Å². The van der Waals surface area contributed by atoms with Crippen LogP contribution < -0.4 is 0 Å². The summed E-state index contributed by atoms with van der Waals surface area (Å²) in [4.78, 5) is 28.5. The van der Waals surface area contributed by atoms with Crippen molar-refractivity contribution in [3.8, 4) is 33.8 Å². The first kappa shape index (κ1) is 28.8. The van der Waals surface area contributed by atoms with E-state index in [2.05, 4.69) is 59.7 Å². The third kappa shape index (κ3) is 6.07. The molecule has 0 N–H and O–H groups in total. The fourth-order valence-electron chi connectivity index (χ4n) is 5.34. The summed E-state index contributed by atoms with van der Waals surface area (Å²) >= 11 is 0. The molecule has 3 aromatic heterocycles. The minimum absolute atomic E-state index is 0.234. The largest absolute Gasteiger partial charge is 0.475 e. The molecule has 0 saturated carbocycles. The van der Waals surface area contributed by atoms with Crippen molar-refractivity contribution in [2.45, 2.75) is 58.2 Å². The molecule has 3 aliphatic rings. The number of pyridine rings is 3. The highest BCUT2D eigenvalue weighted by atomic mass is 16.5. The van der Waals surface area contributed by atoms with E-state index in [-0.39, 0.29) is 16.6 Å². The number of benzene rings is 1. The lowest BCUT2D eigenvalue weighted by atomic mass is 9.98. The van der Waals surface area contributed by atoms with E-state index < -0.39 is 0 Å². The van der Waals surface area contributed by atoms with Crippen LogP contribution >= 0.6 is 0 Å². The second kappa shape index (κ2) is 10.6. The van der Waals surface area contributed by atoms with E-state index in [1.165, 1.54) is 0 Å². The zero-order valence-electron chi connectivity index (χ0n) is 26.5. The molecule has 0 radical (unpaired) electrons. The van der Waals surface area contributed by atoms with Crippen molar-refractivity contribution in [3.63, 3.8) is 0 Å². The Bertz CT molecular complexity index is 1620. The van der Waals surface area contributed by atoms with Crippen molar-refractivity contribution >= 4 is 17.7 Å². The van der Waals surface area contributed by atoms with Gasteiger partial charge in [-0.15, -0.1) is 0 Å². The van der Waals surface area contributed by atoms with Crippen molar-refractivity contribution in [1.29, 1.82) is 0 Å². The van der Waals surface area contributed by atoms with Gasteiger partial charge in [-0.2, -0.15) is 0 Å². The fourth-order valence-corrected chi connectivity index (χ4v) is 5.34. The summed E-state index contributed by atoms with van der Waals surface area (Å²) in [6.45, 7) is 14.0. The highest BCUT2D eigenvalue weighted by molar-refractivity contribution is 5.97. The molecule has 3 aliphatic heterocycles. The van der Waals surface area contributed by atoms with Crippen molar-refractivity contribution in [2.75, 3.05) is 19.8 Å². The smallest absolute Gasteiger partial charge is 0.218 e. The molecule has 0 saturated heterocycles. The van der Waals surface area contributed by atoms with Gasteiger partial charge in [0.25, 0.3) is 0 Å². The number of hydrogen-bond acceptors (Lipinski definition) is 9. The highest BCUT2D eigenvalue weighted by Gasteiger charge is 2.29. The number of rotatable bonds is 6. The van der Waals surface area contributed by atoms with Crippen molar-refractivity contribution in [3.05, 3.63) is 89.9 Å². The van der Waals surface area contributed by atoms with Gasteiger partial charge >= 0.3 is 0 Å². The molecule has 45 heavy (non-hydrogen) atoms. The van der Waals surface area contributed by atoms with E-state index in [1.54, 1.807) is 0 Å². The Morgan fingerprint density at radius 3 is 0.911 bits per heavy atom. The molecule has 0 aliphatic carbocycles. The molecule has 4 aromatic rings. The lowest BCUT2D eigenvalue weighted by Gasteiger charge is -2.11. The van der Waals surface area contributed by atoms with E-state index in [0.29, 0.717) is 37.5 Å². The van der Waals surface area contributed by atoms with Crippen molar-refractivity contribution < 1.29 is 14.2 Å². The summed E-state index contributed by atoms with van der Waals surface area (Å²) in [5.41, 5.74) is 7.15. The van der Waals surface area contributed by atoms with Gasteiger partial charge in [0.2, 0.25) is 17.7 Å². The molecule has 0 fully saturated rings. The third-order valence-corrected chi connectivity index (χ3v) is 7.75. The molecule has 0 bridgehead atoms. The second-order valence-corrected chi connectivity index (χ2v) is 13.6. The van der Waals surface area contributed by atoms with E-state index in [1.807, 2.05) is 55.0 Å². The zero-order valence-corrected chi connectivity index (χ0v) is 26.5. The molecule has 9 heteroatoms.